The number of para-hydroxylation sites is 1. The molecule has 1 N–H and O–H groups in total. The molecule has 0 saturated carbocycles. The first-order valence-electron chi connectivity index (χ1n) is 6.97. The van der Waals surface area contributed by atoms with Crippen molar-refractivity contribution < 1.29 is 14.5 Å². The van der Waals surface area contributed by atoms with Gasteiger partial charge < -0.3 is 15.0 Å². The first kappa shape index (κ1) is 15.2. The van der Waals surface area contributed by atoms with E-state index in [2.05, 4.69) is 5.32 Å². The van der Waals surface area contributed by atoms with E-state index in [-0.39, 0.29) is 35.6 Å². The lowest BCUT2D eigenvalue weighted by Crippen LogP contribution is -2.51. The molecule has 1 atom stereocenters. The second-order valence-corrected chi connectivity index (χ2v) is 4.95. The third kappa shape index (κ3) is 3.30. The molecular formula is C14H19N3O4. The van der Waals surface area contributed by atoms with Crippen molar-refractivity contribution in [2.45, 2.75) is 19.9 Å². The molecule has 0 radical (unpaired) electrons. The molecule has 1 aromatic carbocycles. The van der Waals surface area contributed by atoms with Crippen LogP contribution in [0.1, 0.15) is 24.2 Å². The van der Waals surface area contributed by atoms with Crippen LogP contribution in [0.4, 0.5) is 5.69 Å². The van der Waals surface area contributed by atoms with E-state index in [9.17, 15) is 14.9 Å². The molecule has 0 bridgehead atoms. The highest BCUT2D eigenvalue weighted by Crippen LogP contribution is 2.32. The van der Waals surface area contributed by atoms with Crippen molar-refractivity contribution in [1.29, 1.82) is 0 Å². The Morgan fingerprint density at radius 1 is 1.57 bits per heavy atom. The lowest BCUT2D eigenvalue weighted by atomic mass is 10.1. The first-order chi connectivity index (χ1) is 10.0. The molecule has 2 rings (SSSR count). The van der Waals surface area contributed by atoms with Gasteiger partial charge in [-0.15, -0.1) is 0 Å². The predicted octanol–water partition coefficient (Wildman–Crippen LogP) is 1.43. The molecule has 1 aliphatic rings. The SMILES string of the molecule is CCOc1c(C(=O)N2CCN[C@@H](C)C2)cccc1[N+](=O)[O-]. The number of rotatable bonds is 4. The molecule has 0 aliphatic carbocycles. The van der Waals surface area contributed by atoms with Crippen LogP contribution < -0.4 is 10.1 Å². The average Bonchev–Trinajstić information content (AvgIpc) is 2.47. The van der Waals surface area contributed by atoms with Gasteiger partial charge in [0.25, 0.3) is 5.91 Å². The second kappa shape index (κ2) is 6.53. The van der Waals surface area contributed by atoms with Crippen LogP contribution in [0.25, 0.3) is 0 Å². The van der Waals surface area contributed by atoms with Crippen LogP contribution in [-0.2, 0) is 0 Å². The standard InChI is InChI=1S/C14H19N3O4/c1-3-21-13-11(5-4-6-12(13)17(19)20)14(18)16-8-7-15-10(2)9-16/h4-6,10,15H,3,7-9H2,1-2H3/t10-/m0/s1. The summed E-state index contributed by atoms with van der Waals surface area (Å²) in [4.78, 5) is 24.9. The van der Waals surface area contributed by atoms with Crippen molar-refractivity contribution in [3.8, 4) is 5.75 Å². The summed E-state index contributed by atoms with van der Waals surface area (Å²) < 4.78 is 5.36. The van der Waals surface area contributed by atoms with E-state index < -0.39 is 4.92 Å². The molecule has 0 spiro atoms. The number of carbonyl (C=O) groups is 1. The van der Waals surface area contributed by atoms with Gasteiger partial charge in [-0.3, -0.25) is 14.9 Å². The number of hydrogen-bond donors (Lipinski definition) is 1. The highest BCUT2D eigenvalue weighted by Gasteiger charge is 2.28. The van der Waals surface area contributed by atoms with Crippen LogP contribution in [0.5, 0.6) is 5.75 Å². The van der Waals surface area contributed by atoms with Gasteiger partial charge in [0, 0.05) is 31.7 Å². The van der Waals surface area contributed by atoms with Gasteiger partial charge in [0.1, 0.15) is 0 Å². The summed E-state index contributed by atoms with van der Waals surface area (Å²) in [5, 5.41) is 14.3. The molecule has 21 heavy (non-hydrogen) atoms. The van der Waals surface area contributed by atoms with Gasteiger partial charge in [0.05, 0.1) is 17.1 Å². The highest BCUT2D eigenvalue weighted by molar-refractivity contribution is 5.98. The molecular weight excluding hydrogens is 274 g/mol. The summed E-state index contributed by atoms with van der Waals surface area (Å²) in [6.07, 6.45) is 0. The molecule has 0 aromatic heterocycles. The van der Waals surface area contributed by atoms with Crippen molar-refractivity contribution >= 4 is 11.6 Å². The summed E-state index contributed by atoms with van der Waals surface area (Å²) in [6, 6.07) is 4.64. The van der Waals surface area contributed by atoms with Gasteiger partial charge in [-0.25, -0.2) is 0 Å². The van der Waals surface area contributed by atoms with E-state index in [0.717, 1.165) is 0 Å². The number of hydrogen-bond acceptors (Lipinski definition) is 5. The highest BCUT2D eigenvalue weighted by atomic mass is 16.6. The summed E-state index contributed by atoms with van der Waals surface area (Å²) in [7, 11) is 0. The third-order valence-electron chi connectivity index (χ3n) is 3.37. The largest absolute Gasteiger partial charge is 0.487 e. The van der Waals surface area contributed by atoms with Gasteiger partial charge in [-0.1, -0.05) is 6.07 Å². The minimum absolute atomic E-state index is 0.0567. The van der Waals surface area contributed by atoms with Crippen molar-refractivity contribution in [3.05, 3.63) is 33.9 Å². The van der Waals surface area contributed by atoms with Gasteiger partial charge in [0.2, 0.25) is 5.75 Å². The zero-order chi connectivity index (χ0) is 15.4. The maximum atomic E-state index is 12.6. The van der Waals surface area contributed by atoms with Crippen LogP contribution >= 0.6 is 0 Å². The van der Waals surface area contributed by atoms with Crippen molar-refractivity contribution in [2.24, 2.45) is 0 Å². The maximum Gasteiger partial charge on any atom is 0.311 e. The molecule has 1 heterocycles. The van der Waals surface area contributed by atoms with Crippen molar-refractivity contribution in [3.63, 3.8) is 0 Å². The number of piperazine rings is 1. The van der Waals surface area contributed by atoms with E-state index in [1.54, 1.807) is 17.9 Å². The molecule has 7 heteroatoms. The van der Waals surface area contributed by atoms with Crippen molar-refractivity contribution in [2.75, 3.05) is 26.2 Å². The zero-order valence-corrected chi connectivity index (χ0v) is 12.2. The Kier molecular flexibility index (Phi) is 4.74. The monoisotopic (exact) mass is 293 g/mol. The number of nitro benzene ring substituents is 1. The Balaban J connectivity index is 2.35. The normalized spacial score (nSPS) is 18.4. The topological polar surface area (TPSA) is 84.7 Å². The molecule has 1 aliphatic heterocycles. The minimum Gasteiger partial charge on any atom is -0.487 e. The molecule has 1 fully saturated rings. The van der Waals surface area contributed by atoms with Crippen LogP contribution in [0, 0.1) is 10.1 Å². The molecule has 114 valence electrons. The summed E-state index contributed by atoms with van der Waals surface area (Å²) in [6.45, 7) is 5.87. The summed E-state index contributed by atoms with van der Waals surface area (Å²) in [5.74, 6) is -0.170. The van der Waals surface area contributed by atoms with Crippen LogP contribution in [0.2, 0.25) is 0 Å². The van der Waals surface area contributed by atoms with Crippen molar-refractivity contribution in [1.82, 2.24) is 10.2 Å². The Hall–Kier alpha value is -2.15. The Labute approximate surface area is 123 Å². The third-order valence-corrected chi connectivity index (χ3v) is 3.37. The average molecular weight is 293 g/mol. The Morgan fingerprint density at radius 3 is 2.95 bits per heavy atom. The summed E-state index contributed by atoms with van der Waals surface area (Å²) >= 11 is 0. The summed E-state index contributed by atoms with van der Waals surface area (Å²) in [5.41, 5.74) is 0.0750. The van der Waals surface area contributed by atoms with Crippen LogP contribution in [-0.4, -0.2) is 48.0 Å². The fraction of sp³-hybridized carbons (Fsp3) is 0.500. The van der Waals surface area contributed by atoms with E-state index in [1.165, 1.54) is 12.1 Å². The predicted molar refractivity (Wildman–Crippen MR) is 77.6 cm³/mol. The molecule has 1 aromatic rings. The Bertz CT molecular complexity index is 547. The van der Waals surface area contributed by atoms with Gasteiger partial charge in [-0.05, 0) is 19.9 Å². The number of nitrogens with zero attached hydrogens (tertiary/aromatic N) is 2. The molecule has 0 unspecified atom stereocenters. The molecule has 1 amide bonds. The number of nitro groups is 1. The number of carbonyl (C=O) groups excluding carboxylic acids is 1. The van der Waals surface area contributed by atoms with Crippen LogP contribution in [0.3, 0.4) is 0 Å². The van der Waals surface area contributed by atoms with Gasteiger partial charge in [-0.2, -0.15) is 0 Å². The quantitative estimate of drug-likeness (QED) is 0.670. The number of ether oxygens (including phenoxy) is 1. The van der Waals surface area contributed by atoms with Gasteiger partial charge >= 0.3 is 5.69 Å². The smallest absolute Gasteiger partial charge is 0.311 e. The van der Waals surface area contributed by atoms with E-state index >= 15 is 0 Å². The van der Waals surface area contributed by atoms with E-state index in [0.29, 0.717) is 19.6 Å². The fourth-order valence-corrected chi connectivity index (χ4v) is 2.42. The fourth-order valence-electron chi connectivity index (χ4n) is 2.42. The van der Waals surface area contributed by atoms with Crippen LogP contribution in [0.15, 0.2) is 18.2 Å². The van der Waals surface area contributed by atoms with E-state index in [4.69, 9.17) is 4.74 Å². The number of benzene rings is 1. The number of nitrogens with one attached hydrogen (secondary N) is 1. The van der Waals surface area contributed by atoms with Gasteiger partial charge in [0.15, 0.2) is 0 Å². The maximum absolute atomic E-state index is 12.6. The molecule has 7 nitrogen and oxygen atoms in total. The second-order valence-electron chi connectivity index (χ2n) is 4.95. The lowest BCUT2D eigenvalue weighted by Gasteiger charge is -2.32. The minimum atomic E-state index is -0.526. The Morgan fingerprint density at radius 2 is 2.33 bits per heavy atom. The lowest BCUT2D eigenvalue weighted by molar-refractivity contribution is -0.385. The number of amides is 1. The van der Waals surface area contributed by atoms with E-state index in [1.807, 2.05) is 6.92 Å². The zero-order valence-electron chi connectivity index (χ0n) is 12.2. The molecule has 1 saturated heterocycles. The first-order valence-corrected chi connectivity index (χ1v) is 6.97.